The molecule has 0 fully saturated rings. The number of nitro benzene ring substituents is 1. The van der Waals surface area contributed by atoms with Crippen LogP contribution in [0.25, 0.3) is 4.96 Å². The summed E-state index contributed by atoms with van der Waals surface area (Å²) in [5.74, 6) is -0.329. The molecule has 0 aliphatic carbocycles. The Balaban J connectivity index is 1.42. The maximum atomic E-state index is 12.6. The van der Waals surface area contributed by atoms with Crippen LogP contribution in [0.4, 0.5) is 11.4 Å². The molecule has 2 aromatic heterocycles. The van der Waals surface area contributed by atoms with Gasteiger partial charge >= 0.3 is 0 Å². The van der Waals surface area contributed by atoms with Crippen LogP contribution in [0.5, 0.6) is 0 Å². The van der Waals surface area contributed by atoms with E-state index in [4.69, 9.17) is 0 Å². The second kappa shape index (κ2) is 8.40. The largest absolute Gasteiger partial charge is 0.346 e. The average Bonchev–Trinajstić information content (AvgIpc) is 3.34. The van der Waals surface area contributed by atoms with E-state index in [0.717, 1.165) is 16.7 Å². The third-order valence-corrected chi connectivity index (χ3v) is 6.81. The highest BCUT2D eigenvalue weighted by molar-refractivity contribution is 7.92. The van der Waals surface area contributed by atoms with Gasteiger partial charge in [0.25, 0.3) is 21.6 Å². The molecule has 4 rings (SSSR count). The maximum Gasteiger partial charge on any atom is 0.273 e. The molecule has 0 bridgehead atoms. The number of benzene rings is 2. The number of imidazole rings is 1. The third kappa shape index (κ3) is 4.45. The topological polar surface area (TPSA) is 136 Å². The highest BCUT2D eigenvalue weighted by atomic mass is 32.2. The smallest absolute Gasteiger partial charge is 0.273 e. The molecule has 0 saturated carbocycles. The van der Waals surface area contributed by atoms with E-state index in [9.17, 15) is 23.3 Å². The van der Waals surface area contributed by atoms with Gasteiger partial charge in [-0.05, 0) is 37.3 Å². The fourth-order valence-corrected chi connectivity index (χ4v) is 4.79. The van der Waals surface area contributed by atoms with Gasteiger partial charge in [-0.15, -0.1) is 11.3 Å². The van der Waals surface area contributed by atoms with Crippen LogP contribution in [0.15, 0.2) is 65.1 Å². The Labute approximate surface area is 186 Å². The third-order valence-electron chi connectivity index (χ3n) is 4.66. The maximum absolute atomic E-state index is 12.6. The molecular formula is C20H17N5O5S2. The van der Waals surface area contributed by atoms with Gasteiger partial charge in [-0.3, -0.25) is 24.0 Å². The minimum Gasteiger partial charge on any atom is -0.346 e. The van der Waals surface area contributed by atoms with E-state index in [2.05, 4.69) is 15.0 Å². The molecule has 0 saturated heterocycles. The lowest BCUT2D eigenvalue weighted by Gasteiger charge is -2.09. The lowest BCUT2D eigenvalue weighted by Crippen LogP contribution is -2.23. The van der Waals surface area contributed by atoms with E-state index in [1.165, 1.54) is 54.7 Å². The first-order valence-corrected chi connectivity index (χ1v) is 11.7. The number of amides is 1. The number of hydrogen-bond acceptors (Lipinski definition) is 7. The van der Waals surface area contributed by atoms with Gasteiger partial charge in [-0.2, -0.15) is 0 Å². The van der Waals surface area contributed by atoms with E-state index < -0.39 is 14.9 Å². The van der Waals surface area contributed by atoms with Crippen molar-refractivity contribution in [3.05, 3.63) is 87.2 Å². The van der Waals surface area contributed by atoms with Gasteiger partial charge in [-0.1, -0.05) is 6.07 Å². The summed E-state index contributed by atoms with van der Waals surface area (Å²) in [5, 5.41) is 15.8. The number of anilines is 1. The Hall–Kier alpha value is -3.77. The fourth-order valence-electron chi connectivity index (χ4n) is 2.99. The second-order valence-electron chi connectivity index (χ2n) is 6.90. The van der Waals surface area contributed by atoms with E-state index >= 15 is 0 Å². The standard InChI is InChI=1S/C20H17N5O5S2/c1-13-2-7-17(10-18(13)25(27)28)32(29,30)23-15-5-3-14(4-6-15)19(26)21-11-16-12-24-8-9-31-20(24)22-16/h2-10,12,23H,11H2,1H3,(H,21,26). The number of nitro groups is 1. The molecule has 2 heterocycles. The number of aryl methyl sites for hydroxylation is 1. The Morgan fingerprint density at radius 1 is 1.22 bits per heavy atom. The van der Waals surface area contributed by atoms with Gasteiger partial charge in [0, 0.05) is 40.7 Å². The zero-order chi connectivity index (χ0) is 22.9. The van der Waals surface area contributed by atoms with Crippen LogP contribution in [0.2, 0.25) is 0 Å². The molecule has 0 aliphatic heterocycles. The van der Waals surface area contributed by atoms with Crippen molar-refractivity contribution in [2.24, 2.45) is 0 Å². The van der Waals surface area contributed by atoms with Crippen molar-refractivity contribution in [2.45, 2.75) is 18.4 Å². The SMILES string of the molecule is Cc1ccc(S(=O)(=O)Nc2ccc(C(=O)NCc3cn4ccsc4n3)cc2)cc1[N+](=O)[O-]. The zero-order valence-electron chi connectivity index (χ0n) is 16.7. The molecule has 10 nitrogen and oxygen atoms in total. The summed E-state index contributed by atoms with van der Waals surface area (Å²) in [6.07, 6.45) is 3.71. The summed E-state index contributed by atoms with van der Waals surface area (Å²) in [4.78, 5) is 27.8. The summed E-state index contributed by atoms with van der Waals surface area (Å²) in [6.45, 7) is 1.79. The van der Waals surface area contributed by atoms with Gasteiger partial charge < -0.3 is 5.32 Å². The van der Waals surface area contributed by atoms with Crippen molar-refractivity contribution >= 4 is 43.6 Å². The van der Waals surface area contributed by atoms with Crippen LogP contribution in [-0.2, 0) is 16.6 Å². The molecule has 164 valence electrons. The molecule has 0 aliphatic rings. The molecule has 0 atom stereocenters. The van der Waals surface area contributed by atoms with Crippen molar-refractivity contribution in [3.63, 3.8) is 0 Å². The number of carbonyl (C=O) groups is 1. The van der Waals surface area contributed by atoms with Crippen molar-refractivity contribution < 1.29 is 18.1 Å². The molecule has 2 N–H and O–H groups in total. The molecule has 0 spiro atoms. The molecule has 2 aromatic carbocycles. The Morgan fingerprint density at radius 3 is 2.66 bits per heavy atom. The highest BCUT2D eigenvalue weighted by Crippen LogP contribution is 2.24. The van der Waals surface area contributed by atoms with Crippen molar-refractivity contribution in [3.8, 4) is 0 Å². The number of nitrogens with one attached hydrogen (secondary N) is 2. The van der Waals surface area contributed by atoms with Crippen LogP contribution >= 0.6 is 11.3 Å². The normalized spacial score (nSPS) is 11.4. The predicted octanol–water partition coefficient (Wildman–Crippen LogP) is 3.34. The van der Waals surface area contributed by atoms with Gasteiger partial charge in [0.15, 0.2) is 4.96 Å². The van der Waals surface area contributed by atoms with Gasteiger partial charge in [-0.25, -0.2) is 13.4 Å². The molecule has 32 heavy (non-hydrogen) atoms. The minimum absolute atomic E-state index is 0.221. The minimum atomic E-state index is -4.04. The first-order chi connectivity index (χ1) is 15.2. The first-order valence-electron chi connectivity index (χ1n) is 9.30. The zero-order valence-corrected chi connectivity index (χ0v) is 18.3. The first kappa shape index (κ1) is 21.5. The van der Waals surface area contributed by atoms with Gasteiger partial charge in [0.2, 0.25) is 0 Å². The lowest BCUT2D eigenvalue weighted by molar-refractivity contribution is -0.385. The number of carbonyl (C=O) groups excluding carboxylic acids is 1. The van der Waals surface area contributed by atoms with Crippen molar-refractivity contribution in [2.75, 3.05) is 4.72 Å². The van der Waals surface area contributed by atoms with Crippen LogP contribution in [0, 0.1) is 17.0 Å². The number of thiazole rings is 1. The van der Waals surface area contributed by atoms with Crippen LogP contribution in [-0.4, -0.2) is 28.6 Å². The lowest BCUT2D eigenvalue weighted by atomic mass is 10.2. The van der Waals surface area contributed by atoms with E-state index in [0.29, 0.717) is 11.1 Å². The molecule has 0 unspecified atom stereocenters. The Kier molecular flexibility index (Phi) is 5.63. The summed E-state index contributed by atoms with van der Waals surface area (Å²) in [5.41, 5.74) is 1.37. The van der Waals surface area contributed by atoms with E-state index in [1.807, 2.05) is 22.2 Å². The summed E-state index contributed by atoms with van der Waals surface area (Å²) < 4.78 is 29.4. The van der Waals surface area contributed by atoms with Gasteiger partial charge in [0.1, 0.15) is 0 Å². The molecular weight excluding hydrogens is 454 g/mol. The summed E-state index contributed by atoms with van der Waals surface area (Å²) in [6, 6.07) is 9.55. The van der Waals surface area contributed by atoms with Crippen molar-refractivity contribution in [1.29, 1.82) is 0 Å². The number of rotatable bonds is 7. The summed E-state index contributed by atoms with van der Waals surface area (Å²) in [7, 11) is -4.04. The van der Waals surface area contributed by atoms with E-state index in [1.54, 1.807) is 0 Å². The second-order valence-corrected chi connectivity index (χ2v) is 9.45. The molecule has 1 amide bonds. The van der Waals surface area contributed by atoms with Gasteiger partial charge in [0.05, 0.1) is 22.1 Å². The van der Waals surface area contributed by atoms with E-state index in [-0.39, 0.29) is 28.7 Å². The van der Waals surface area contributed by atoms with Crippen LogP contribution in [0.3, 0.4) is 0 Å². The Morgan fingerprint density at radius 2 is 1.97 bits per heavy atom. The predicted molar refractivity (Wildman–Crippen MR) is 119 cm³/mol. The Bertz CT molecular complexity index is 1400. The van der Waals surface area contributed by atoms with Crippen LogP contribution in [0.1, 0.15) is 21.6 Å². The summed E-state index contributed by atoms with van der Waals surface area (Å²) >= 11 is 1.50. The highest BCUT2D eigenvalue weighted by Gasteiger charge is 2.20. The molecule has 0 radical (unpaired) electrons. The average molecular weight is 472 g/mol. The number of sulfonamides is 1. The van der Waals surface area contributed by atoms with Crippen molar-refractivity contribution in [1.82, 2.24) is 14.7 Å². The number of aromatic nitrogens is 2. The molecule has 4 aromatic rings. The number of hydrogen-bond donors (Lipinski definition) is 2. The van der Waals surface area contributed by atoms with Crippen LogP contribution < -0.4 is 10.0 Å². The molecule has 12 heteroatoms. The number of fused-ring (bicyclic) bond motifs is 1. The monoisotopic (exact) mass is 471 g/mol. The quantitative estimate of drug-likeness (QED) is 0.313. The number of nitrogens with zero attached hydrogens (tertiary/aromatic N) is 3. The fraction of sp³-hybridized carbons (Fsp3) is 0.100.